The standard InChI is InChI=1S/C11H11F3N2O3S/c12-11(13,14)5-19-16-10(18)7-3-4-8(20-7)15-9(17)6-1-2-6/h3-4,6H,1-2,5H2,(H,15,17)(H,16,18). The lowest BCUT2D eigenvalue weighted by atomic mass is 10.4. The Labute approximate surface area is 116 Å². The summed E-state index contributed by atoms with van der Waals surface area (Å²) >= 11 is 0.967. The number of carbonyl (C=O) groups is 2. The molecule has 1 aromatic heterocycles. The summed E-state index contributed by atoms with van der Waals surface area (Å²) in [6.45, 7) is -1.56. The fraction of sp³-hybridized carbons (Fsp3) is 0.455. The summed E-state index contributed by atoms with van der Waals surface area (Å²) in [5, 5.41) is 3.11. The minimum absolute atomic E-state index is 0.0319. The van der Waals surface area contributed by atoms with Gasteiger partial charge in [0.2, 0.25) is 5.91 Å². The molecule has 0 bridgehead atoms. The number of thiophene rings is 1. The molecule has 0 unspecified atom stereocenters. The van der Waals surface area contributed by atoms with Gasteiger partial charge in [-0.2, -0.15) is 13.2 Å². The number of carbonyl (C=O) groups excluding carboxylic acids is 2. The first-order valence-corrected chi connectivity index (χ1v) is 6.56. The molecule has 0 spiro atoms. The molecule has 1 aliphatic rings. The SMILES string of the molecule is O=C(NOCC(F)(F)F)c1ccc(NC(=O)C2CC2)s1. The Morgan fingerprint density at radius 3 is 2.65 bits per heavy atom. The Morgan fingerprint density at radius 2 is 2.05 bits per heavy atom. The maximum absolute atomic E-state index is 11.8. The van der Waals surface area contributed by atoms with Gasteiger partial charge in [-0.05, 0) is 25.0 Å². The van der Waals surface area contributed by atoms with Gasteiger partial charge in [0, 0.05) is 5.92 Å². The molecule has 2 amide bonds. The van der Waals surface area contributed by atoms with E-state index < -0.39 is 18.7 Å². The molecule has 9 heteroatoms. The molecule has 0 aliphatic heterocycles. The summed E-state index contributed by atoms with van der Waals surface area (Å²) in [5.41, 5.74) is 1.70. The highest BCUT2D eigenvalue weighted by Crippen LogP contribution is 2.31. The predicted octanol–water partition coefficient (Wildman–Crippen LogP) is 2.32. The second-order valence-corrected chi connectivity index (χ2v) is 5.35. The Kier molecular flexibility index (Phi) is 4.29. The fourth-order valence-electron chi connectivity index (χ4n) is 1.33. The van der Waals surface area contributed by atoms with Gasteiger partial charge in [0.15, 0.2) is 6.61 Å². The maximum Gasteiger partial charge on any atom is 0.414 e. The largest absolute Gasteiger partial charge is 0.414 e. The molecule has 1 heterocycles. The van der Waals surface area contributed by atoms with Crippen LogP contribution in [0.1, 0.15) is 22.5 Å². The molecular weight excluding hydrogens is 297 g/mol. The van der Waals surface area contributed by atoms with Gasteiger partial charge in [-0.25, -0.2) is 5.48 Å². The summed E-state index contributed by atoms with van der Waals surface area (Å²) in [7, 11) is 0. The Balaban J connectivity index is 1.81. The fourth-order valence-corrected chi connectivity index (χ4v) is 2.12. The number of hydroxylamine groups is 1. The Hall–Kier alpha value is -1.61. The quantitative estimate of drug-likeness (QED) is 0.820. The topological polar surface area (TPSA) is 67.4 Å². The van der Waals surface area contributed by atoms with Crippen molar-refractivity contribution in [3.8, 4) is 0 Å². The third kappa shape index (κ3) is 4.49. The maximum atomic E-state index is 11.8. The van der Waals surface area contributed by atoms with E-state index in [-0.39, 0.29) is 16.7 Å². The zero-order chi connectivity index (χ0) is 14.8. The van der Waals surface area contributed by atoms with Gasteiger partial charge >= 0.3 is 6.18 Å². The molecule has 0 saturated heterocycles. The number of amides is 2. The molecule has 0 atom stereocenters. The molecule has 1 aromatic rings. The minimum Gasteiger partial charge on any atom is -0.317 e. The first-order valence-electron chi connectivity index (χ1n) is 5.75. The van der Waals surface area contributed by atoms with Crippen LogP contribution in [0.25, 0.3) is 0 Å². The van der Waals surface area contributed by atoms with Crippen LogP contribution in [0.4, 0.5) is 18.2 Å². The van der Waals surface area contributed by atoms with E-state index >= 15 is 0 Å². The van der Waals surface area contributed by atoms with E-state index in [1.165, 1.54) is 12.1 Å². The van der Waals surface area contributed by atoms with Crippen molar-refractivity contribution in [2.24, 2.45) is 5.92 Å². The summed E-state index contributed by atoms with van der Waals surface area (Å²) in [5.74, 6) is -0.859. The monoisotopic (exact) mass is 308 g/mol. The molecule has 0 aromatic carbocycles. The number of alkyl halides is 3. The van der Waals surface area contributed by atoms with Crippen molar-refractivity contribution in [2.75, 3.05) is 11.9 Å². The summed E-state index contributed by atoms with van der Waals surface area (Å²) in [4.78, 5) is 27.2. The van der Waals surface area contributed by atoms with Crippen LogP contribution < -0.4 is 10.8 Å². The molecule has 1 aliphatic carbocycles. The summed E-state index contributed by atoms with van der Waals surface area (Å²) in [6.07, 6.45) is -2.79. The Bertz CT molecular complexity index is 511. The first kappa shape index (κ1) is 14.8. The number of hydrogen-bond acceptors (Lipinski definition) is 4. The molecule has 20 heavy (non-hydrogen) atoms. The van der Waals surface area contributed by atoms with Crippen LogP contribution in [-0.4, -0.2) is 24.6 Å². The zero-order valence-electron chi connectivity index (χ0n) is 10.1. The number of hydrogen-bond donors (Lipinski definition) is 2. The number of anilines is 1. The predicted molar refractivity (Wildman–Crippen MR) is 65.1 cm³/mol. The van der Waals surface area contributed by atoms with Gasteiger partial charge in [0.25, 0.3) is 5.91 Å². The van der Waals surface area contributed by atoms with Gasteiger partial charge in [-0.1, -0.05) is 0 Å². The van der Waals surface area contributed by atoms with E-state index in [0.29, 0.717) is 5.00 Å². The van der Waals surface area contributed by atoms with Gasteiger partial charge in [0.1, 0.15) is 0 Å². The Morgan fingerprint density at radius 1 is 1.35 bits per heavy atom. The van der Waals surface area contributed by atoms with Crippen molar-refractivity contribution in [1.82, 2.24) is 5.48 Å². The second kappa shape index (κ2) is 5.80. The molecule has 5 nitrogen and oxygen atoms in total. The molecule has 2 N–H and O–H groups in total. The van der Waals surface area contributed by atoms with Crippen LogP contribution in [-0.2, 0) is 9.63 Å². The van der Waals surface area contributed by atoms with Crippen molar-refractivity contribution >= 4 is 28.2 Å². The number of nitrogens with one attached hydrogen (secondary N) is 2. The van der Waals surface area contributed by atoms with Crippen molar-refractivity contribution < 1.29 is 27.6 Å². The highest BCUT2D eigenvalue weighted by Gasteiger charge is 2.30. The molecule has 2 rings (SSSR count). The van der Waals surface area contributed by atoms with Gasteiger partial charge in [-0.15, -0.1) is 11.3 Å². The molecule has 110 valence electrons. The van der Waals surface area contributed by atoms with E-state index in [0.717, 1.165) is 24.2 Å². The number of halogens is 3. The third-order valence-electron chi connectivity index (χ3n) is 2.43. The van der Waals surface area contributed by atoms with Crippen LogP contribution in [0.5, 0.6) is 0 Å². The highest BCUT2D eigenvalue weighted by atomic mass is 32.1. The van der Waals surface area contributed by atoms with Gasteiger partial charge < -0.3 is 5.32 Å². The van der Waals surface area contributed by atoms with Crippen LogP contribution in [0.15, 0.2) is 12.1 Å². The van der Waals surface area contributed by atoms with Gasteiger partial charge in [-0.3, -0.25) is 14.4 Å². The average Bonchev–Trinajstić information content (AvgIpc) is 3.09. The van der Waals surface area contributed by atoms with Crippen molar-refractivity contribution in [3.63, 3.8) is 0 Å². The molecule has 1 saturated carbocycles. The van der Waals surface area contributed by atoms with Gasteiger partial charge in [0.05, 0.1) is 9.88 Å². The molecule has 0 radical (unpaired) electrons. The lowest BCUT2D eigenvalue weighted by Gasteiger charge is -2.07. The van der Waals surface area contributed by atoms with E-state index in [1.807, 2.05) is 0 Å². The highest BCUT2D eigenvalue weighted by molar-refractivity contribution is 7.18. The van der Waals surface area contributed by atoms with Crippen molar-refractivity contribution in [2.45, 2.75) is 19.0 Å². The number of rotatable bonds is 5. The average molecular weight is 308 g/mol. The van der Waals surface area contributed by atoms with Crippen LogP contribution >= 0.6 is 11.3 Å². The summed E-state index contributed by atoms with van der Waals surface area (Å²) < 4.78 is 35.4. The summed E-state index contributed by atoms with van der Waals surface area (Å²) in [6, 6.07) is 2.92. The van der Waals surface area contributed by atoms with Crippen LogP contribution in [0.3, 0.4) is 0 Å². The molecular formula is C11H11F3N2O3S. The van der Waals surface area contributed by atoms with E-state index in [9.17, 15) is 22.8 Å². The van der Waals surface area contributed by atoms with E-state index in [1.54, 1.807) is 5.48 Å². The van der Waals surface area contributed by atoms with E-state index in [4.69, 9.17) is 0 Å². The lowest BCUT2D eigenvalue weighted by Crippen LogP contribution is -2.29. The second-order valence-electron chi connectivity index (χ2n) is 4.26. The van der Waals surface area contributed by atoms with Crippen molar-refractivity contribution in [1.29, 1.82) is 0 Å². The smallest absolute Gasteiger partial charge is 0.317 e. The van der Waals surface area contributed by atoms with Crippen LogP contribution in [0, 0.1) is 5.92 Å². The lowest BCUT2D eigenvalue weighted by molar-refractivity contribution is -0.184. The normalized spacial score (nSPS) is 14.9. The van der Waals surface area contributed by atoms with Crippen molar-refractivity contribution in [3.05, 3.63) is 17.0 Å². The third-order valence-corrected chi connectivity index (χ3v) is 3.42. The first-order chi connectivity index (χ1) is 9.35. The van der Waals surface area contributed by atoms with E-state index in [2.05, 4.69) is 10.2 Å². The molecule has 1 fully saturated rings. The minimum atomic E-state index is -4.51. The van der Waals surface area contributed by atoms with Crippen LogP contribution in [0.2, 0.25) is 0 Å². The zero-order valence-corrected chi connectivity index (χ0v) is 10.9.